The van der Waals surface area contributed by atoms with Gasteiger partial charge in [0, 0.05) is 18.3 Å². The molecule has 0 radical (unpaired) electrons. The molecule has 0 aliphatic rings. The van der Waals surface area contributed by atoms with Crippen molar-refractivity contribution in [2.75, 3.05) is 6.54 Å². The highest BCUT2D eigenvalue weighted by Crippen LogP contribution is 2.24. The normalized spacial score (nSPS) is 11.1. The smallest absolute Gasteiger partial charge is 0.350 e. The van der Waals surface area contributed by atoms with Gasteiger partial charge in [0.15, 0.2) is 5.65 Å². The number of aromatic nitrogens is 5. The zero-order chi connectivity index (χ0) is 24.2. The molecule has 0 bridgehead atoms. The summed E-state index contributed by atoms with van der Waals surface area (Å²) in [4.78, 5) is 29.8. The summed E-state index contributed by atoms with van der Waals surface area (Å²) in [6.45, 7) is 2.33. The number of hydrogen-bond acceptors (Lipinski definition) is 6. The molecule has 5 aromatic rings. The lowest BCUT2D eigenvalue weighted by atomic mass is 10.1. The van der Waals surface area contributed by atoms with Gasteiger partial charge in [0.1, 0.15) is 6.54 Å². The summed E-state index contributed by atoms with van der Waals surface area (Å²) in [7, 11) is 0. The second-order valence-corrected chi connectivity index (χ2v) is 8.29. The van der Waals surface area contributed by atoms with E-state index < -0.39 is 5.69 Å². The fraction of sp³-hybridized carbons (Fsp3) is 0.192. The molecule has 0 unspecified atom stereocenters. The predicted molar refractivity (Wildman–Crippen MR) is 131 cm³/mol. The molecule has 176 valence electrons. The molecule has 0 atom stereocenters. The van der Waals surface area contributed by atoms with Crippen LogP contribution in [0.4, 0.5) is 0 Å². The Kier molecular flexibility index (Phi) is 6.21. The summed E-state index contributed by atoms with van der Waals surface area (Å²) >= 11 is 0. The Hall–Kier alpha value is -4.53. The highest BCUT2D eigenvalue weighted by molar-refractivity contribution is 5.76. The first-order chi connectivity index (χ1) is 17.1. The van der Waals surface area contributed by atoms with Crippen molar-refractivity contribution in [2.45, 2.75) is 26.3 Å². The van der Waals surface area contributed by atoms with Crippen LogP contribution in [-0.2, 0) is 17.8 Å². The van der Waals surface area contributed by atoms with E-state index in [1.165, 1.54) is 9.96 Å². The number of benzene rings is 2. The first-order valence-electron chi connectivity index (χ1n) is 11.4. The highest BCUT2D eigenvalue weighted by Gasteiger charge is 2.18. The first-order valence-corrected chi connectivity index (χ1v) is 11.4. The van der Waals surface area contributed by atoms with Crippen LogP contribution in [0.15, 0.2) is 82.2 Å². The minimum atomic E-state index is -0.417. The largest absolute Gasteiger partial charge is 0.354 e. The predicted octanol–water partition coefficient (Wildman–Crippen LogP) is 3.27. The van der Waals surface area contributed by atoms with Crippen molar-refractivity contribution in [3.05, 3.63) is 94.5 Å². The van der Waals surface area contributed by atoms with E-state index in [4.69, 9.17) is 4.52 Å². The van der Waals surface area contributed by atoms with Crippen molar-refractivity contribution in [3.63, 3.8) is 0 Å². The van der Waals surface area contributed by atoms with Crippen LogP contribution in [0.3, 0.4) is 0 Å². The van der Waals surface area contributed by atoms with Gasteiger partial charge in [-0.25, -0.2) is 13.9 Å². The van der Waals surface area contributed by atoms with Gasteiger partial charge in [0.2, 0.25) is 11.7 Å². The van der Waals surface area contributed by atoms with Gasteiger partial charge >= 0.3 is 5.69 Å². The van der Waals surface area contributed by atoms with Gasteiger partial charge in [0.05, 0.1) is 5.56 Å². The van der Waals surface area contributed by atoms with E-state index >= 15 is 0 Å². The van der Waals surface area contributed by atoms with Crippen molar-refractivity contribution >= 4 is 11.6 Å². The minimum Gasteiger partial charge on any atom is -0.354 e. The summed E-state index contributed by atoms with van der Waals surface area (Å²) in [6.07, 6.45) is 3.27. The third kappa shape index (κ3) is 4.89. The number of carbonyl (C=O) groups is 1. The van der Waals surface area contributed by atoms with Gasteiger partial charge in [-0.3, -0.25) is 4.79 Å². The fourth-order valence-electron chi connectivity index (χ4n) is 3.90. The third-order valence-electron chi connectivity index (χ3n) is 5.64. The van der Waals surface area contributed by atoms with E-state index in [1.807, 2.05) is 49.4 Å². The average Bonchev–Trinajstić information content (AvgIpc) is 3.48. The fourth-order valence-corrected chi connectivity index (χ4v) is 3.90. The molecule has 35 heavy (non-hydrogen) atoms. The molecule has 0 saturated carbocycles. The Labute approximate surface area is 201 Å². The monoisotopic (exact) mass is 468 g/mol. The maximum absolute atomic E-state index is 12.8. The van der Waals surface area contributed by atoms with Gasteiger partial charge in [0.25, 0.3) is 5.89 Å². The van der Waals surface area contributed by atoms with E-state index in [9.17, 15) is 9.59 Å². The maximum atomic E-state index is 12.8. The lowest BCUT2D eigenvalue weighted by molar-refractivity contribution is -0.121. The molecule has 0 aliphatic carbocycles. The molecular formula is C26H24N6O3. The van der Waals surface area contributed by atoms with Crippen LogP contribution in [0.25, 0.3) is 28.5 Å². The molecule has 3 heterocycles. The molecule has 0 fully saturated rings. The Bertz CT molecular complexity index is 1530. The summed E-state index contributed by atoms with van der Waals surface area (Å²) in [5, 5.41) is 11.3. The number of amides is 1. The summed E-state index contributed by atoms with van der Waals surface area (Å²) < 4.78 is 7.99. The van der Waals surface area contributed by atoms with E-state index in [-0.39, 0.29) is 18.3 Å². The number of nitrogens with one attached hydrogen (secondary N) is 1. The van der Waals surface area contributed by atoms with Crippen LogP contribution < -0.4 is 11.0 Å². The quantitative estimate of drug-likeness (QED) is 0.350. The number of hydrogen-bond donors (Lipinski definition) is 1. The molecular weight excluding hydrogens is 444 g/mol. The van der Waals surface area contributed by atoms with Crippen molar-refractivity contribution in [1.82, 2.24) is 29.6 Å². The minimum absolute atomic E-state index is 0.177. The van der Waals surface area contributed by atoms with Crippen LogP contribution in [0.2, 0.25) is 0 Å². The third-order valence-corrected chi connectivity index (χ3v) is 5.64. The Morgan fingerprint density at radius 2 is 1.91 bits per heavy atom. The van der Waals surface area contributed by atoms with Crippen LogP contribution in [0, 0.1) is 6.92 Å². The molecule has 0 aliphatic heterocycles. The maximum Gasteiger partial charge on any atom is 0.350 e. The molecule has 2 aromatic carbocycles. The van der Waals surface area contributed by atoms with Gasteiger partial charge in [-0.05, 0) is 43.5 Å². The molecule has 3 aromatic heterocycles. The number of carbonyl (C=O) groups excluding carboxylic acids is 1. The lowest BCUT2D eigenvalue weighted by Gasteiger charge is -2.05. The van der Waals surface area contributed by atoms with Crippen LogP contribution in [0.1, 0.15) is 17.5 Å². The van der Waals surface area contributed by atoms with Crippen LogP contribution in [0.5, 0.6) is 0 Å². The molecule has 0 saturated heterocycles. The number of rotatable bonds is 8. The van der Waals surface area contributed by atoms with Crippen molar-refractivity contribution < 1.29 is 9.32 Å². The molecule has 9 heteroatoms. The molecule has 1 amide bonds. The molecule has 0 spiro atoms. The first kappa shape index (κ1) is 22.3. The lowest BCUT2D eigenvalue weighted by Crippen LogP contribution is -2.33. The van der Waals surface area contributed by atoms with Crippen molar-refractivity contribution in [2.24, 2.45) is 0 Å². The number of pyridine rings is 1. The summed E-state index contributed by atoms with van der Waals surface area (Å²) in [6, 6.07) is 21.3. The van der Waals surface area contributed by atoms with E-state index in [0.717, 1.165) is 28.7 Å². The zero-order valence-corrected chi connectivity index (χ0v) is 19.2. The van der Waals surface area contributed by atoms with Crippen LogP contribution >= 0.6 is 0 Å². The Morgan fingerprint density at radius 1 is 1.06 bits per heavy atom. The molecule has 9 nitrogen and oxygen atoms in total. The van der Waals surface area contributed by atoms with E-state index in [2.05, 4.69) is 32.7 Å². The number of nitrogens with zero attached hydrogens (tertiary/aromatic N) is 5. The summed E-state index contributed by atoms with van der Waals surface area (Å²) in [5.41, 5.74) is 3.57. The standard InChI is InChI=1S/C26H24N6O3/c1-18-8-5-12-20(16-18)23-28-25(35-30-23)21-13-7-15-31-24(21)29-32(26(31)34)17-22(33)27-14-6-11-19-9-3-2-4-10-19/h2-5,7-10,12-13,15-16H,6,11,14,17H2,1H3,(H,27,33). The molecule has 1 N–H and O–H groups in total. The van der Waals surface area contributed by atoms with Gasteiger partial charge < -0.3 is 9.84 Å². The zero-order valence-electron chi connectivity index (χ0n) is 19.2. The Morgan fingerprint density at radius 3 is 2.74 bits per heavy atom. The van der Waals surface area contributed by atoms with Gasteiger partial charge in [-0.2, -0.15) is 4.98 Å². The van der Waals surface area contributed by atoms with Crippen molar-refractivity contribution in [1.29, 1.82) is 0 Å². The van der Waals surface area contributed by atoms with E-state index in [0.29, 0.717) is 23.6 Å². The SMILES string of the molecule is Cc1cccc(-c2noc(-c3cccn4c(=O)n(CC(=O)NCCCc5ccccc5)nc34)n2)c1. The molecule has 5 rings (SSSR count). The van der Waals surface area contributed by atoms with Crippen molar-refractivity contribution in [3.8, 4) is 22.8 Å². The van der Waals surface area contributed by atoms with E-state index in [1.54, 1.807) is 18.3 Å². The van der Waals surface area contributed by atoms with Crippen LogP contribution in [-0.4, -0.2) is 36.8 Å². The number of fused-ring (bicyclic) bond motifs is 1. The topological polar surface area (TPSA) is 107 Å². The highest BCUT2D eigenvalue weighted by atomic mass is 16.5. The second kappa shape index (κ2) is 9.76. The van der Waals surface area contributed by atoms with Gasteiger partial charge in [-0.15, -0.1) is 5.10 Å². The average molecular weight is 469 g/mol. The van der Waals surface area contributed by atoms with Gasteiger partial charge in [-0.1, -0.05) is 59.3 Å². The summed E-state index contributed by atoms with van der Waals surface area (Å²) in [5.74, 6) is 0.418. The second-order valence-electron chi connectivity index (χ2n) is 8.29. The number of aryl methyl sites for hydroxylation is 2. The Balaban J connectivity index is 1.31.